The van der Waals surface area contributed by atoms with Crippen molar-refractivity contribution in [3.63, 3.8) is 0 Å². The Hall–Kier alpha value is -1.70. The van der Waals surface area contributed by atoms with E-state index in [0.717, 1.165) is 0 Å². The number of aliphatic hydroxyl groups excluding tert-OH is 2. The molecule has 0 unspecified atom stereocenters. The van der Waals surface area contributed by atoms with Crippen molar-refractivity contribution in [1.29, 1.82) is 5.26 Å². The van der Waals surface area contributed by atoms with Crippen molar-refractivity contribution in [1.82, 2.24) is 0 Å². The highest BCUT2D eigenvalue weighted by atomic mass is 16.3. The molecule has 15 heavy (non-hydrogen) atoms. The lowest BCUT2D eigenvalue weighted by molar-refractivity contribution is -0.123. The summed E-state index contributed by atoms with van der Waals surface area (Å²) in [7, 11) is 0. The first-order valence-corrected chi connectivity index (χ1v) is 4.48. The molecule has 0 fully saturated rings. The van der Waals surface area contributed by atoms with E-state index < -0.39 is 18.5 Å². The summed E-state index contributed by atoms with van der Waals surface area (Å²) in [6.45, 7) is -0.562. The van der Waals surface area contributed by atoms with E-state index in [1.54, 1.807) is 24.3 Å². The minimum atomic E-state index is -0.919. The molecule has 0 saturated heterocycles. The van der Waals surface area contributed by atoms with Gasteiger partial charge in [-0.25, -0.2) is 0 Å². The fourth-order valence-electron chi connectivity index (χ4n) is 1.18. The second-order valence-electron chi connectivity index (χ2n) is 3.15. The van der Waals surface area contributed by atoms with Gasteiger partial charge < -0.3 is 10.2 Å². The van der Waals surface area contributed by atoms with Gasteiger partial charge in [0.25, 0.3) is 0 Å². The van der Waals surface area contributed by atoms with Crippen molar-refractivity contribution < 1.29 is 15.0 Å². The Bertz CT molecular complexity index is 378. The highest BCUT2D eigenvalue weighted by Crippen LogP contribution is 2.17. The molecule has 1 atom stereocenters. The smallest absolute Gasteiger partial charge is 0.161 e. The van der Waals surface area contributed by atoms with Crippen molar-refractivity contribution in [3.05, 3.63) is 35.4 Å². The molecule has 0 aliphatic carbocycles. The van der Waals surface area contributed by atoms with Crippen LogP contribution in [0.15, 0.2) is 24.3 Å². The van der Waals surface area contributed by atoms with E-state index in [4.69, 9.17) is 10.4 Å². The summed E-state index contributed by atoms with van der Waals surface area (Å²) >= 11 is 0. The molecular weight excluding hydrogens is 194 g/mol. The molecular formula is C11H11NO3. The van der Waals surface area contributed by atoms with Gasteiger partial charge in [0.1, 0.15) is 6.61 Å². The van der Waals surface area contributed by atoms with Crippen LogP contribution in [0.25, 0.3) is 0 Å². The molecule has 0 aliphatic heterocycles. The summed E-state index contributed by atoms with van der Waals surface area (Å²) in [5.74, 6) is -0.410. The minimum absolute atomic E-state index is 0.109. The van der Waals surface area contributed by atoms with Crippen LogP contribution in [0.4, 0.5) is 0 Å². The zero-order valence-corrected chi connectivity index (χ0v) is 8.05. The van der Waals surface area contributed by atoms with Gasteiger partial charge in [-0.2, -0.15) is 5.26 Å². The fourth-order valence-corrected chi connectivity index (χ4v) is 1.18. The number of ketones is 1. The highest BCUT2D eigenvalue weighted by Gasteiger charge is 2.11. The molecule has 2 N–H and O–H groups in total. The molecule has 0 aliphatic rings. The Morgan fingerprint density at radius 1 is 1.40 bits per heavy atom. The Labute approximate surface area is 87.4 Å². The topological polar surface area (TPSA) is 81.3 Å². The number of hydrogen-bond donors (Lipinski definition) is 2. The third kappa shape index (κ3) is 3.17. The highest BCUT2D eigenvalue weighted by molar-refractivity contribution is 5.80. The van der Waals surface area contributed by atoms with Crippen LogP contribution in [0.3, 0.4) is 0 Å². The molecule has 4 nitrogen and oxygen atoms in total. The van der Waals surface area contributed by atoms with E-state index in [0.29, 0.717) is 11.1 Å². The molecule has 0 aromatic heterocycles. The van der Waals surface area contributed by atoms with Gasteiger partial charge >= 0.3 is 0 Å². The predicted molar refractivity (Wildman–Crippen MR) is 52.8 cm³/mol. The third-order valence-corrected chi connectivity index (χ3v) is 2.02. The second-order valence-corrected chi connectivity index (χ2v) is 3.15. The number of carbonyl (C=O) groups is 1. The van der Waals surface area contributed by atoms with Crippen LogP contribution in [0, 0.1) is 11.3 Å². The van der Waals surface area contributed by atoms with Gasteiger partial charge in [-0.15, -0.1) is 0 Å². The Morgan fingerprint density at radius 3 is 2.47 bits per heavy atom. The van der Waals surface area contributed by atoms with E-state index in [-0.39, 0.29) is 6.42 Å². The standard InChI is InChI=1S/C11H11NO3/c12-6-8-1-3-9(4-2-8)11(15)5-10(14)7-13/h1-4,11,13,15H,5,7H2/t11-/m1/s1. The SMILES string of the molecule is N#Cc1ccc([C@H](O)CC(=O)CO)cc1. The quantitative estimate of drug-likeness (QED) is 0.751. The van der Waals surface area contributed by atoms with Crippen LogP contribution in [-0.2, 0) is 4.79 Å². The van der Waals surface area contributed by atoms with Crippen LogP contribution in [0.2, 0.25) is 0 Å². The van der Waals surface area contributed by atoms with Gasteiger partial charge in [0.15, 0.2) is 5.78 Å². The lowest BCUT2D eigenvalue weighted by atomic mass is 10.0. The summed E-state index contributed by atoms with van der Waals surface area (Å²) < 4.78 is 0. The van der Waals surface area contributed by atoms with Gasteiger partial charge in [-0.3, -0.25) is 4.79 Å². The first-order valence-electron chi connectivity index (χ1n) is 4.48. The van der Waals surface area contributed by atoms with Gasteiger partial charge in [-0.05, 0) is 17.7 Å². The van der Waals surface area contributed by atoms with E-state index in [1.165, 1.54) is 0 Å². The zero-order valence-electron chi connectivity index (χ0n) is 8.05. The molecule has 1 aromatic rings. The summed E-state index contributed by atoms with van der Waals surface area (Å²) in [5, 5.41) is 26.6. The number of carbonyl (C=O) groups excluding carboxylic acids is 1. The maximum absolute atomic E-state index is 10.9. The summed E-state index contributed by atoms with van der Waals surface area (Å²) in [5.41, 5.74) is 1.07. The number of benzene rings is 1. The van der Waals surface area contributed by atoms with E-state index in [9.17, 15) is 9.90 Å². The first-order chi connectivity index (χ1) is 7.17. The molecule has 0 bridgehead atoms. The lowest BCUT2D eigenvalue weighted by Crippen LogP contribution is -2.09. The minimum Gasteiger partial charge on any atom is -0.389 e. The Balaban J connectivity index is 2.70. The molecule has 1 rings (SSSR count). The van der Waals surface area contributed by atoms with Gasteiger partial charge in [-0.1, -0.05) is 12.1 Å². The average Bonchev–Trinajstić information content (AvgIpc) is 2.29. The third-order valence-electron chi connectivity index (χ3n) is 2.02. The van der Waals surface area contributed by atoms with Gasteiger partial charge in [0.05, 0.1) is 17.7 Å². The maximum Gasteiger partial charge on any atom is 0.161 e. The molecule has 78 valence electrons. The van der Waals surface area contributed by atoms with Crippen molar-refractivity contribution in [3.8, 4) is 6.07 Å². The predicted octanol–water partition coefficient (Wildman–Crippen LogP) is 0.543. The molecule has 0 saturated carbocycles. The normalized spacial score (nSPS) is 11.8. The number of rotatable bonds is 4. The number of nitriles is 1. The number of nitrogens with zero attached hydrogens (tertiary/aromatic N) is 1. The van der Waals surface area contributed by atoms with Crippen LogP contribution < -0.4 is 0 Å². The largest absolute Gasteiger partial charge is 0.389 e. The van der Waals surface area contributed by atoms with E-state index in [2.05, 4.69) is 0 Å². The fraction of sp³-hybridized carbons (Fsp3) is 0.273. The zero-order chi connectivity index (χ0) is 11.3. The number of hydrogen-bond acceptors (Lipinski definition) is 4. The van der Waals surface area contributed by atoms with Crippen LogP contribution in [-0.4, -0.2) is 22.6 Å². The average molecular weight is 205 g/mol. The molecule has 0 amide bonds. The monoisotopic (exact) mass is 205 g/mol. The van der Waals surface area contributed by atoms with Crippen molar-refractivity contribution in [2.45, 2.75) is 12.5 Å². The van der Waals surface area contributed by atoms with Crippen molar-refractivity contribution in [2.24, 2.45) is 0 Å². The Morgan fingerprint density at radius 2 is 2.00 bits per heavy atom. The number of aliphatic hydroxyl groups is 2. The van der Waals surface area contributed by atoms with Gasteiger partial charge in [0.2, 0.25) is 0 Å². The Kier molecular flexibility index (Phi) is 3.98. The maximum atomic E-state index is 10.9. The lowest BCUT2D eigenvalue weighted by Gasteiger charge is -2.08. The molecule has 1 aromatic carbocycles. The van der Waals surface area contributed by atoms with Crippen molar-refractivity contribution >= 4 is 5.78 Å². The van der Waals surface area contributed by atoms with Crippen LogP contribution >= 0.6 is 0 Å². The van der Waals surface area contributed by atoms with Gasteiger partial charge in [0, 0.05) is 6.42 Å². The van der Waals surface area contributed by atoms with Crippen molar-refractivity contribution in [2.75, 3.05) is 6.61 Å². The van der Waals surface area contributed by atoms with Crippen LogP contribution in [0.1, 0.15) is 23.7 Å². The second kappa shape index (κ2) is 5.25. The number of Topliss-reactive ketones (excluding diaryl/α,β-unsaturated/α-hetero) is 1. The molecule has 0 spiro atoms. The van der Waals surface area contributed by atoms with Crippen LogP contribution in [0.5, 0.6) is 0 Å². The summed E-state index contributed by atoms with van der Waals surface area (Å²) in [4.78, 5) is 10.9. The summed E-state index contributed by atoms with van der Waals surface area (Å²) in [6, 6.07) is 8.28. The summed E-state index contributed by atoms with van der Waals surface area (Å²) in [6.07, 6.45) is -1.03. The first kappa shape index (κ1) is 11.4. The van der Waals surface area contributed by atoms with E-state index >= 15 is 0 Å². The van der Waals surface area contributed by atoms with E-state index in [1.807, 2.05) is 6.07 Å². The molecule has 4 heteroatoms. The molecule has 0 radical (unpaired) electrons. The molecule has 0 heterocycles.